The lowest BCUT2D eigenvalue weighted by molar-refractivity contribution is 0.0667. The van der Waals surface area contributed by atoms with Gasteiger partial charge in [-0.3, -0.25) is 4.90 Å². The molecule has 1 aromatic carbocycles. The number of nitrogens with zero attached hydrogens (tertiary/aromatic N) is 1. The van der Waals surface area contributed by atoms with Crippen LogP contribution in [0.25, 0.3) is 0 Å². The zero-order valence-corrected chi connectivity index (χ0v) is 10.3. The molecule has 3 nitrogen and oxygen atoms in total. The molecular weight excluding hydrogens is 212 g/mol. The number of hydrogen-bond acceptors (Lipinski definition) is 3. The minimum absolute atomic E-state index is 0.629. The predicted molar refractivity (Wildman–Crippen MR) is 69.7 cm³/mol. The van der Waals surface area contributed by atoms with Crippen molar-refractivity contribution in [3.63, 3.8) is 0 Å². The van der Waals surface area contributed by atoms with Crippen LogP contribution in [-0.4, -0.2) is 37.2 Å². The maximum absolute atomic E-state index is 5.66. The van der Waals surface area contributed by atoms with Crippen molar-refractivity contribution in [3.8, 4) is 0 Å². The molecule has 1 saturated heterocycles. The molecule has 0 spiro atoms. The Morgan fingerprint density at radius 2 is 2.12 bits per heavy atom. The van der Waals surface area contributed by atoms with Gasteiger partial charge in [-0.2, -0.15) is 0 Å². The van der Waals surface area contributed by atoms with Crippen LogP contribution in [0.2, 0.25) is 0 Å². The summed E-state index contributed by atoms with van der Waals surface area (Å²) in [4.78, 5) is 2.45. The van der Waals surface area contributed by atoms with Crippen molar-refractivity contribution in [2.24, 2.45) is 5.73 Å². The van der Waals surface area contributed by atoms with Gasteiger partial charge in [-0.05, 0) is 18.4 Å². The summed E-state index contributed by atoms with van der Waals surface area (Å²) in [6, 6.07) is 10.9. The Bertz CT molecular complexity index is 313. The molecule has 17 heavy (non-hydrogen) atoms. The lowest BCUT2D eigenvalue weighted by atomic mass is 10.0. The first-order chi connectivity index (χ1) is 8.40. The Balaban J connectivity index is 1.52. The molecule has 1 aliphatic rings. The van der Waals surface area contributed by atoms with E-state index in [1.807, 2.05) is 18.2 Å². The summed E-state index contributed by atoms with van der Waals surface area (Å²) in [7, 11) is 0. The quantitative estimate of drug-likeness (QED) is 0.729. The zero-order chi connectivity index (χ0) is 11.9. The Morgan fingerprint density at radius 3 is 2.76 bits per heavy atom. The molecule has 0 saturated carbocycles. The van der Waals surface area contributed by atoms with Crippen LogP contribution < -0.4 is 5.73 Å². The van der Waals surface area contributed by atoms with Crippen LogP contribution in [0.1, 0.15) is 18.4 Å². The average molecular weight is 234 g/mol. The monoisotopic (exact) mass is 234 g/mol. The molecule has 2 rings (SSSR count). The van der Waals surface area contributed by atoms with Crippen LogP contribution >= 0.6 is 0 Å². The van der Waals surface area contributed by atoms with Crippen molar-refractivity contribution in [2.75, 3.05) is 26.2 Å². The molecule has 0 amide bonds. The Labute approximate surface area is 104 Å². The first-order valence-electron chi connectivity index (χ1n) is 6.46. The Kier molecular flexibility index (Phi) is 4.98. The third-order valence-electron chi connectivity index (χ3n) is 3.38. The maximum Gasteiger partial charge on any atom is 0.0716 e. The van der Waals surface area contributed by atoms with Crippen molar-refractivity contribution in [1.29, 1.82) is 0 Å². The molecular formula is C14H22N2O. The van der Waals surface area contributed by atoms with Crippen molar-refractivity contribution >= 4 is 0 Å². The van der Waals surface area contributed by atoms with Crippen LogP contribution in [0.15, 0.2) is 30.3 Å². The molecule has 0 aliphatic carbocycles. The van der Waals surface area contributed by atoms with Gasteiger partial charge in [0.2, 0.25) is 0 Å². The van der Waals surface area contributed by atoms with E-state index in [-0.39, 0.29) is 0 Å². The summed E-state index contributed by atoms with van der Waals surface area (Å²) < 4.78 is 5.65. The van der Waals surface area contributed by atoms with Crippen molar-refractivity contribution in [2.45, 2.75) is 25.5 Å². The van der Waals surface area contributed by atoms with Gasteiger partial charge in [0.1, 0.15) is 0 Å². The first-order valence-corrected chi connectivity index (χ1v) is 6.46. The second-order valence-corrected chi connectivity index (χ2v) is 4.61. The van der Waals surface area contributed by atoms with E-state index in [1.54, 1.807) is 0 Å². The van der Waals surface area contributed by atoms with E-state index in [2.05, 4.69) is 17.0 Å². The second-order valence-electron chi connectivity index (χ2n) is 4.61. The average Bonchev–Trinajstić information content (AvgIpc) is 2.34. The summed E-state index contributed by atoms with van der Waals surface area (Å²) in [5.41, 5.74) is 6.90. The highest BCUT2D eigenvalue weighted by Crippen LogP contribution is 2.15. The van der Waals surface area contributed by atoms with Crippen LogP contribution in [0.3, 0.4) is 0 Å². The number of likely N-dealkylation sites (tertiary alicyclic amines) is 1. The molecule has 0 aromatic heterocycles. The molecule has 1 aliphatic heterocycles. The third-order valence-corrected chi connectivity index (χ3v) is 3.38. The van der Waals surface area contributed by atoms with Gasteiger partial charge in [-0.1, -0.05) is 30.3 Å². The van der Waals surface area contributed by atoms with E-state index >= 15 is 0 Å². The molecule has 1 atom stereocenters. The predicted octanol–water partition coefficient (Wildman–Crippen LogP) is 1.63. The van der Waals surface area contributed by atoms with Gasteiger partial charge in [0.15, 0.2) is 0 Å². The van der Waals surface area contributed by atoms with Gasteiger partial charge < -0.3 is 10.5 Å². The van der Waals surface area contributed by atoms with Crippen molar-refractivity contribution in [1.82, 2.24) is 4.90 Å². The van der Waals surface area contributed by atoms with Crippen LogP contribution in [-0.2, 0) is 11.3 Å². The van der Waals surface area contributed by atoms with E-state index < -0.39 is 0 Å². The highest BCUT2D eigenvalue weighted by atomic mass is 16.5. The normalized spacial score (nSPS) is 20.2. The third kappa shape index (κ3) is 3.80. The molecule has 1 unspecified atom stereocenters. The summed E-state index contributed by atoms with van der Waals surface area (Å²) in [5.74, 6) is 0. The van der Waals surface area contributed by atoms with Crippen LogP contribution in [0, 0.1) is 0 Å². The number of ether oxygens (including phenoxy) is 1. The molecule has 1 fully saturated rings. The SMILES string of the molecule is NCC1CCN1CCCOCc1ccccc1. The van der Waals surface area contributed by atoms with Crippen molar-refractivity contribution in [3.05, 3.63) is 35.9 Å². The highest BCUT2D eigenvalue weighted by molar-refractivity contribution is 5.13. The fourth-order valence-corrected chi connectivity index (χ4v) is 2.19. The molecule has 2 N–H and O–H groups in total. The lowest BCUT2D eigenvalue weighted by Gasteiger charge is -2.40. The van der Waals surface area contributed by atoms with Crippen LogP contribution in [0.4, 0.5) is 0 Å². The minimum atomic E-state index is 0.629. The summed E-state index contributed by atoms with van der Waals surface area (Å²) in [5, 5.41) is 0. The van der Waals surface area contributed by atoms with E-state index in [0.29, 0.717) is 6.04 Å². The molecule has 3 heteroatoms. The van der Waals surface area contributed by atoms with Gasteiger partial charge in [0.25, 0.3) is 0 Å². The molecule has 1 aromatic rings. The minimum Gasteiger partial charge on any atom is -0.377 e. The zero-order valence-electron chi connectivity index (χ0n) is 10.3. The van der Waals surface area contributed by atoms with Crippen molar-refractivity contribution < 1.29 is 4.74 Å². The van der Waals surface area contributed by atoms with Gasteiger partial charge in [0.05, 0.1) is 6.61 Å². The number of nitrogens with two attached hydrogens (primary N) is 1. The van der Waals surface area contributed by atoms with Gasteiger partial charge in [-0.25, -0.2) is 0 Å². The fourth-order valence-electron chi connectivity index (χ4n) is 2.19. The number of hydrogen-bond donors (Lipinski definition) is 1. The molecule has 0 bridgehead atoms. The second kappa shape index (κ2) is 6.74. The maximum atomic E-state index is 5.66. The Hall–Kier alpha value is -0.900. The topological polar surface area (TPSA) is 38.5 Å². The van der Waals surface area contributed by atoms with Gasteiger partial charge in [0, 0.05) is 32.3 Å². The first kappa shape index (κ1) is 12.6. The van der Waals surface area contributed by atoms with E-state index in [4.69, 9.17) is 10.5 Å². The number of rotatable bonds is 7. The van der Waals surface area contributed by atoms with Gasteiger partial charge >= 0.3 is 0 Å². The largest absolute Gasteiger partial charge is 0.377 e. The fraction of sp³-hybridized carbons (Fsp3) is 0.571. The smallest absolute Gasteiger partial charge is 0.0716 e. The summed E-state index contributed by atoms with van der Waals surface area (Å²) in [6.07, 6.45) is 2.37. The molecule has 94 valence electrons. The summed E-state index contributed by atoms with van der Waals surface area (Å²) in [6.45, 7) is 4.69. The number of benzene rings is 1. The Morgan fingerprint density at radius 1 is 1.29 bits per heavy atom. The lowest BCUT2D eigenvalue weighted by Crippen LogP contribution is -2.51. The van der Waals surface area contributed by atoms with Gasteiger partial charge in [-0.15, -0.1) is 0 Å². The van der Waals surface area contributed by atoms with E-state index in [0.717, 1.165) is 32.7 Å². The van der Waals surface area contributed by atoms with E-state index in [1.165, 1.54) is 18.5 Å². The standard InChI is InChI=1S/C14H22N2O/c15-11-14-7-9-16(14)8-4-10-17-12-13-5-2-1-3-6-13/h1-3,5-6,14H,4,7-12,15H2. The summed E-state index contributed by atoms with van der Waals surface area (Å²) >= 11 is 0. The van der Waals surface area contributed by atoms with E-state index in [9.17, 15) is 0 Å². The van der Waals surface area contributed by atoms with Crippen LogP contribution in [0.5, 0.6) is 0 Å². The molecule has 0 radical (unpaired) electrons. The highest BCUT2D eigenvalue weighted by Gasteiger charge is 2.25. The molecule has 1 heterocycles.